The molecule has 0 radical (unpaired) electrons. The van der Waals surface area contributed by atoms with Crippen LogP contribution in [-0.4, -0.2) is 24.2 Å². The number of carbonyl (C=O) groups excluding carboxylic acids is 2. The summed E-state index contributed by atoms with van der Waals surface area (Å²) in [5.74, 6) is -2.57. The largest absolute Gasteiger partial charge is 0.351 e. The van der Waals surface area contributed by atoms with Crippen LogP contribution in [0.4, 0.5) is 5.69 Å². The van der Waals surface area contributed by atoms with E-state index in [-0.39, 0.29) is 10.8 Å². The van der Waals surface area contributed by atoms with Crippen molar-refractivity contribution in [2.75, 3.05) is 4.90 Å². The third kappa shape index (κ3) is 2.83. The maximum absolute atomic E-state index is 14.5. The van der Waals surface area contributed by atoms with E-state index in [1.807, 2.05) is 55.5 Å². The van der Waals surface area contributed by atoms with E-state index >= 15 is 0 Å². The Hall–Kier alpha value is -4.53. The van der Waals surface area contributed by atoms with Crippen LogP contribution in [0.15, 0.2) is 120 Å². The zero-order chi connectivity index (χ0) is 28.1. The first kappa shape index (κ1) is 24.3. The Morgan fingerprint density at radius 2 is 1.27 bits per heavy atom. The molecule has 8 rings (SSSR count). The van der Waals surface area contributed by atoms with Crippen molar-refractivity contribution in [3.8, 4) is 0 Å². The van der Waals surface area contributed by atoms with Gasteiger partial charge in [-0.25, -0.2) is 17.3 Å². The summed E-state index contributed by atoms with van der Waals surface area (Å²) in [7, 11) is -4.14. The number of hydrogen-bond acceptors (Lipinski definition) is 5. The van der Waals surface area contributed by atoms with Gasteiger partial charge in [-0.05, 0) is 42.8 Å². The Morgan fingerprint density at radius 3 is 1.95 bits per heavy atom. The molecule has 0 aliphatic carbocycles. The molecular formula is C33H24N2O5S. The molecule has 4 aromatic carbocycles. The van der Waals surface area contributed by atoms with Crippen molar-refractivity contribution in [2.45, 2.75) is 23.0 Å². The number of imide groups is 1. The second-order valence-electron chi connectivity index (χ2n) is 10.9. The summed E-state index contributed by atoms with van der Waals surface area (Å²) >= 11 is 0. The molecule has 2 amide bonds. The SMILES string of the molecule is C[C@@]12O[C@@](c3ccccc3)(c3c1c1ccccc1n3S(=O)(=O)c1ccccc1)[C@H]1C(=O)N(c3ccccc3)C(=O)[C@H]12. The van der Waals surface area contributed by atoms with E-state index in [2.05, 4.69) is 0 Å². The average molecular weight is 561 g/mol. The quantitative estimate of drug-likeness (QED) is 0.283. The predicted octanol–water partition coefficient (Wildman–Crippen LogP) is 5.19. The van der Waals surface area contributed by atoms with E-state index in [4.69, 9.17) is 4.74 Å². The van der Waals surface area contributed by atoms with Gasteiger partial charge in [0.05, 0.1) is 33.6 Å². The number of amides is 2. The molecule has 4 heterocycles. The second-order valence-corrected chi connectivity index (χ2v) is 12.7. The second kappa shape index (κ2) is 8.02. The number of carbonyl (C=O) groups is 2. The van der Waals surface area contributed by atoms with Gasteiger partial charge in [-0.15, -0.1) is 0 Å². The Labute approximate surface area is 236 Å². The minimum Gasteiger partial charge on any atom is -0.351 e. The van der Waals surface area contributed by atoms with E-state index in [1.165, 1.54) is 8.87 Å². The summed E-state index contributed by atoms with van der Waals surface area (Å²) in [5.41, 5.74) is -0.173. The lowest BCUT2D eigenvalue weighted by molar-refractivity contribution is -0.132. The molecule has 3 aliphatic heterocycles. The van der Waals surface area contributed by atoms with Crippen LogP contribution < -0.4 is 4.90 Å². The number of ether oxygens (including phenoxy) is 1. The molecule has 5 aromatic rings. The number of fused-ring (bicyclic) bond motifs is 10. The smallest absolute Gasteiger partial charge is 0.268 e. The summed E-state index contributed by atoms with van der Waals surface area (Å²) in [6.45, 7) is 1.83. The lowest BCUT2D eigenvalue weighted by Gasteiger charge is -2.33. The van der Waals surface area contributed by atoms with Crippen molar-refractivity contribution in [1.82, 2.24) is 3.97 Å². The third-order valence-corrected chi connectivity index (χ3v) is 10.6. The molecule has 41 heavy (non-hydrogen) atoms. The Balaban J connectivity index is 1.50. The summed E-state index contributed by atoms with van der Waals surface area (Å²) in [6, 6.07) is 33.6. The zero-order valence-electron chi connectivity index (χ0n) is 22.0. The number of anilines is 1. The lowest BCUT2D eigenvalue weighted by Crippen LogP contribution is -2.43. The molecule has 7 nitrogen and oxygen atoms in total. The topological polar surface area (TPSA) is 85.7 Å². The zero-order valence-corrected chi connectivity index (χ0v) is 22.8. The fraction of sp³-hybridized carbons (Fsp3) is 0.152. The maximum Gasteiger partial charge on any atom is 0.268 e. The molecule has 0 saturated carbocycles. The van der Waals surface area contributed by atoms with Crippen LogP contribution in [0.1, 0.15) is 23.7 Å². The molecule has 4 atom stereocenters. The summed E-state index contributed by atoms with van der Waals surface area (Å²) in [6.07, 6.45) is 0. The molecule has 8 heteroatoms. The van der Waals surface area contributed by atoms with Gasteiger partial charge in [-0.1, -0.05) is 84.9 Å². The normalized spacial score (nSPS) is 26.5. The highest BCUT2D eigenvalue weighted by Gasteiger charge is 2.78. The highest BCUT2D eigenvalue weighted by molar-refractivity contribution is 7.90. The monoisotopic (exact) mass is 560 g/mol. The maximum atomic E-state index is 14.5. The van der Waals surface area contributed by atoms with E-state index in [0.29, 0.717) is 33.4 Å². The van der Waals surface area contributed by atoms with Gasteiger partial charge in [-0.2, -0.15) is 0 Å². The van der Waals surface area contributed by atoms with Crippen LogP contribution in [0.25, 0.3) is 10.9 Å². The van der Waals surface area contributed by atoms with Crippen molar-refractivity contribution in [3.63, 3.8) is 0 Å². The summed E-state index contributed by atoms with van der Waals surface area (Å²) in [5, 5.41) is 0.680. The van der Waals surface area contributed by atoms with Gasteiger partial charge >= 0.3 is 0 Å². The fourth-order valence-corrected chi connectivity index (χ4v) is 8.99. The molecule has 0 unspecified atom stereocenters. The van der Waals surface area contributed by atoms with Gasteiger partial charge in [0.25, 0.3) is 10.0 Å². The van der Waals surface area contributed by atoms with Crippen LogP contribution in [0.3, 0.4) is 0 Å². The van der Waals surface area contributed by atoms with Gasteiger partial charge in [-0.3, -0.25) is 9.59 Å². The number of aromatic nitrogens is 1. The van der Waals surface area contributed by atoms with Crippen LogP contribution in [0.2, 0.25) is 0 Å². The number of benzene rings is 4. The van der Waals surface area contributed by atoms with Gasteiger partial charge < -0.3 is 4.74 Å². The van der Waals surface area contributed by atoms with Crippen molar-refractivity contribution >= 4 is 38.4 Å². The van der Waals surface area contributed by atoms with Crippen LogP contribution >= 0.6 is 0 Å². The van der Waals surface area contributed by atoms with Gasteiger partial charge in [0.15, 0.2) is 0 Å². The number of nitrogens with zero attached hydrogens (tertiary/aromatic N) is 2. The summed E-state index contributed by atoms with van der Waals surface area (Å²) < 4.78 is 37.3. The standard InChI is InChI=1S/C33H24N2O5S/c1-32-26-24-19-11-12-20-25(24)35(41(38,39)23-17-9-4-10-18-23)29(26)33(40-32,21-13-5-2-6-14-21)28-27(32)30(36)34(31(28)37)22-15-7-3-8-16-22/h2-20,27-28H,1H3/t27-,28+,32+,33+/m0/s1. The van der Waals surface area contributed by atoms with Crippen LogP contribution in [0, 0.1) is 11.8 Å². The molecular weight excluding hydrogens is 536 g/mol. The van der Waals surface area contributed by atoms with Crippen molar-refractivity contribution in [3.05, 3.63) is 132 Å². The number of rotatable bonds is 4. The molecule has 2 fully saturated rings. The van der Waals surface area contributed by atoms with E-state index in [1.54, 1.807) is 66.7 Å². The Bertz CT molecular complexity index is 2010. The number of hydrogen-bond donors (Lipinski definition) is 0. The minimum absolute atomic E-state index is 0.121. The highest BCUT2D eigenvalue weighted by Crippen LogP contribution is 2.70. The van der Waals surface area contributed by atoms with Crippen molar-refractivity contribution in [1.29, 1.82) is 0 Å². The number of para-hydroxylation sites is 2. The molecule has 202 valence electrons. The molecule has 1 aromatic heterocycles. The molecule has 0 spiro atoms. The first-order valence-electron chi connectivity index (χ1n) is 13.5. The molecule has 2 bridgehead atoms. The van der Waals surface area contributed by atoms with E-state index in [9.17, 15) is 18.0 Å². The lowest BCUT2D eigenvalue weighted by atomic mass is 9.65. The Kier molecular flexibility index (Phi) is 4.75. The average Bonchev–Trinajstić information content (AvgIpc) is 3.67. The Morgan fingerprint density at radius 1 is 0.707 bits per heavy atom. The molecule has 0 N–H and O–H groups in total. The van der Waals surface area contributed by atoms with Gasteiger partial charge in [0.2, 0.25) is 11.8 Å². The minimum atomic E-state index is -4.14. The van der Waals surface area contributed by atoms with Crippen molar-refractivity contribution < 1.29 is 22.7 Å². The van der Waals surface area contributed by atoms with Gasteiger partial charge in [0.1, 0.15) is 11.2 Å². The third-order valence-electron chi connectivity index (χ3n) is 8.89. The molecule has 3 aliphatic rings. The van der Waals surface area contributed by atoms with Gasteiger partial charge in [0, 0.05) is 10.9 Å². The summed E-state index contributed by atoms with van der Waals surface area (Å²) in [4.78, 5) is 30.0. The first-order valence-corrected chi connectivity index (χ1v) is 14.9. The predicted molar refractivity (Wildman–Crippen MR) is 153 cm³/mol. The molecule has 2 saturated heterocycles. The van der Waals surface area contributed by atoms with E-state index < -0.39 is 39.0 Å². The highest BCUT2D eigenvalue weighted by atomic mass is 32.2. The van der Waals surface area contributed by atoms with E-state index in [0.717, 1.165) is 0 Å². The van der Waals surface area contributed by atoms with Crippen molar-refractivity contribution in [2.24, 2.45) is 11.8 Å². The fourth-order valence-electron chi connectivity index (χ4n) is 7.39. The van der Waals surface area contributed by atoms with Crippen LogP contribution in [0.5, 0.6) is 0 Å². The van der Waals surface area contributed by atoms with Crippen LogP contribution in [-0.2, 0) is 35.6 Å². The first-order chi connectivity index (χ1) is 19.8.